The first-order valence-electron chi connectivity index (χ1n) is 9.95. The van der Waals surface area contributed by atoms with Crippen molar-refractivity contribution in [2.75, 3.05) is 31.5 Å². The molecule has 3 aromatic rings. The number of carbonyl (C=O) groups is 2. The van der Waals surface area contributed by atoms with Gasteiger partial charge in [-0.1, -0.05) is 12.1 Å². The van der Waals surface area contributed by atoms with Crippen LogP contribution in [0.25, 0.3) is 0 Å². The Morgan fingerprint density at radius 2 is 1.70 bits per heavy atom. The number of carbonyl (C=O) groups excluding carboxylic acids is 2. The minimum atomic E-state index is -4.24. The standard InChI is InChI=1S/C22H19F2N3O4S2/c23-16-6-7-18(24)20(14-16)33(30,31)27-10-8-26(9-11-27)22(29)15-3-1-4-17(13-15)25-21(28)19-5-2-12-32-19/h1-7,12-14H,8-11H2,(H,25,28). The van der Waals surface area contributed by atoms with Crippen molar-refractivity contribution in [1.29, 1.82) is 0 Å². The highest BCUT2D eigenvalue weighted by Crippen LogP contribution is 2.23. The summed E-state index contributed by atoms with van der Waals surface area (Å²) in [6.07, 6.45) is 0. The van der Waals surface area contributed by atoms with Crippen molar-refractivity contribution >= 4 is 38.9 Å². The minimum absolute atomic E-state index is 0.0567. The van der Waals surface area contributed by atoms with Crippen molar-refractivity contribution in [3.63, 3.8) is 0 Å². The number of nitrogens with one attached hydrogen (secondary N) is 1. The van der Waals surface area contributed by atoms with E-state index < -0.39 is 26.6 Å². The van der Waals surface area contributed by atoms with Crippen LogP contribution in [0.1, 0.15) is 20.0 Å². The zero-order chi connectivity index (χ0) is 23.6. The molecule has 1 aliphatic heterocycles. The van der Waals surface area contributed by atoms with Crippen molar-refractivity contribution in [2.24, 2.45) is 0 Å². The molecule has 4 rings (SSSR count). The summed E-state index contributed by atoms with van der Waals surface area (Å²) in [7, 11) is -4.24. The first-order chi connectivity index (χ1) is 15.8. The Balaban J connectivity index is 1.42. The fraction of sp³-hybridized carbons (Fsp3) is 0.182. The van der Waals surface area contributed by atoms with Gasteiger partial charge in [0.15, 0.2) is 0 Å². The molecule has 172 valence electrons. The van der Waals surface area contributed by atoms with Gasteiger partial charge in [0.1, 0.15) is 16.5 Å². The molecule has 0 unspecified atom stereocenters. The van der Waals surface area contributed by atoms with Gasteiger partial charge in [-0.05, 0) is 47.8 Å². The number of nitrogens with zero attached hydrogens (tertiary/aromatic N) is 2. The number of sulfonamides is 1. The van der Waals surface area contributed by atoms with E-state index in [9.17, 15) is 26.8 Å². The Bertz CT molecular complexity index is 1290. The van der Waals surface area contributed by atoms with E-state index >= 15 is 0 Å². The van der Waals surface area contributed by atoms with Crippen molar-refractivity contribution in [2.45, 2.75) is 4.90 Å². The number of hydrogen-bond acceptors (Lipinski definition) is 5. The van der Waals surface area contributed by atoms with E-state index in [0.717, 1.165) is 16.4 Å². The molecule has 2 amide bonds. The second-order valence-corrected chi connectivity index (χ2v) is 10.1. The minimum Gasteiger partial charge on any atom is -0.336 e. The molecule has 1 aromatic heterocycles. The quantitative estimate of drug-likeness (QED) is 0.593. The van der Waals surface area contributed by atoms with Gasteiger partial charge < -0.3 is 10.2 Å². The number of thiophene rings is 1. The average Bonchev–Trinajstić information content (AvgIpc) is 3.36. The zero-order valence-corrected chi connectivity index (χ0v) is 18.8. The lowest BCUT2D eigenvalue weighted by molar-refractivity contribution is 0.0697. The monoisotopic (exact) mass is 491 g/mol. The van der Waals surface area contributed by atoms with Gasteiger partial charge in [0, 0.05) is 37.4 Å². The fourth-order valence-corrected chi connectivity index (χ4v) is 5.58. The van der Waals surface area contributed by atoms with Crippen LogP contribution in [0.2, 0.25) is 0 Å². The number of piperazine rings is 1. The summed E-state index contributed by atoms with van der Waals surface area (Å²) >= 11 is 1.30. The van der Waals surface area contributed by atoms with Crippen molar-refractivity contribution in [1.82, 2.24) is 9.21 Å². The zero-order valence-electron chi connectivity index (χ0n) is 17.2. The Kier molecular flexibility index (Phi) is 6.54. The molecule has 0 bridgehead atoms. The summed E-state index contributed by atoms with van der Waals surface area (Å²) in [5.74, 6) is -2.49. The van der Waals surface area contributed by atoms with Crippen LogP contribution in [0.3, 0.4) is 0 Å². The molecule has 2 aromatic carbocycles. The van der Waals surface area contributed by atoms with Gasteiger partial charge in [0.05, 0.1) is 4.88 Å². The van der Waals surface area contributed by atoms with Crippen LogP contribution in [-0.2, 0) is 10.0 Å². The molecule has 11 heteroatoms. The molecule has 0 spiro atoms. The van der Waals surface area contributed by atoms with Gasteiger partial charge in [-0.15, -0.1) is 11.3 Å². The van der Waals surface area contributed by atoms with E-state index in [4.69, 9.17) is 0 Å². The molecule has 1 aliphatic rings. The largest absolute Gasteiger partial charge is 0.336 e. The summed E-state index contributed by atoms with van der Waals surface area (Å²) in [5, 5.41) is 4.53. The summed E-state index contributed by atoms with van der Waals surface area (Å²) in [4.78, 5) is 26.5. The van der Waals surface area contributed by atoms with Crippen molar-refractivity contribution < 1.29 is 26.8 Å². The molecule has 33 heavy (non-hydrogen) atoms. The Morgan fingerprint density at radius 3 is 2.39 bits per heavy atom. The normalized spacial score (nSPS) is 14.8. The van der Waals surface area contributed by atoms with Crippen LogP contribution in [0.4, 0.5) is 14.5 Å². The van der Waals surface area contributed by atoms with E-state index in [-0.39, 0.29) is 38.0 Å². The first-order valence-corrected chi connectivity index (χ1v) is 12.3. The molecule has 0 aliphatic carbocycles. The molecule has 7 nitrogen and oxygen atoms in total. The highest BCUT2D eigenvalue weighted by molar-refractivity contribution is 7.89. The number of amides is 2. The predicted octanol–water partition coefficient (Wildman–Crippen LogP) is 3.43. The number of halogens is 2. The third-order valence-electron chi connectivity index (χ3n) is 5.15. The van der Waals surface area contributed by atoms with Crippen LogP contribution in [0.5, 0.6) is 0 Å². The van der Waals surface area contributed by atoms with Crippen LogP contribution in [0.15, 0.2) is 64.9 Å². The number of benzene rings is 2. The third-order valence-corrected chi connectivity index (χ3v) is 7.93. The fourth-order valence-electron chi connectivity index (χ4n) is 3.46. The van der Waals surface area contributed by atoms with Crippen molar-refractivity contribution in [3.8, 4) is 0 Å². The molecule has 0 saturated carbocycles. The van der Waals surface area contributed by atoms with Gasteiger partial charge in [-0.2, -0.15) is 4.31 Å². The van der Waals surface area contributed by atoms with Crippen LogP contribution in [-0.4, -0.2) is 55.6 Å². The summed E-state index contributed by atoms with van der Waals surface area (Å²) in [6.45, 7) is 0.0548. The van der Waals surface area contributed by atoms with E-state index in [0.29, 0.717) is 22.2 Å². The van der Waals surface area contributed by atoms with E-state index in [1.807, 2.05) is 0 Å². The maximum atomic E-state index is 14.0. The first kappa shape index (κ1) is 23.0. The Morgan fingerprint density at radius 1 is 0.939 bits per heavy atom. The molecule has 0 radical (unpaired) electrons. The maximum absolute atomic E-state index is 14.0. The van der Waals surface area contributed by atoms with Crippen LogP contribution in [0, 0.1) is 11.6 Å². The molecule has 1 fully saturated rings. The molecular weight excluding hydrogens is 472 g/mol. The average molecular weight is 492 g/mol. The summed E-state index contributed by atoms with van der Waals surface area (Å²) in [6, 6.07) is 12.2. The molecule has 2 heterocycles. The lowest BCUT2D eigenvalue weighted by atomic mass is 10.1. The number of hydrogen-bond donors (Lipinski definition) is 1. The summed E-state index contributed by atoms with van der Waals surface area (Å²) in [5.41, 5.74) is 0.800. The van der Waals surface area contributed by atoms with Crippen LogP contribution < -0.4 is 5.32 Å². The van der Waals surface area contributed by atoms with Gasteiger partial charge in [0.25, 0.3) is 11.8 Å². The molecule has 0 atom stereocenters. The molecule has 1 saturated heterocycles. The number of rotatable bonds is 5. The molecule has 1 N–H and O–H groups in total. The van der Waals surface area contributed by atoms with E-state index in [1.54, 1.807) is 41.8 Å². The molecular formula is C22H19F2N3O4S2. The van der Waals surface area contributed by atoms with Gasteiger partial charge in [-0.25, -0.2) is 17.2 Å². The van der Waals surface area contributed by atoms with Gasteiger partial charge in [-0.3, -0.25) is 9.59 Å². The second kappa shape index (κ2) is 9.38. The SMILES string of the molecule is O=C(Nc1cccc(C(=O)N2CCN(S(=O)(=O)c3cc(F)ccc3F)CC2)c1)c1cccs1. The van der Waals surface area contributed by atoms with Crippen molar-refractivity contribution in [3.05, 3.63) is 82.1 Å². The lowest BCUT2D eigenvalue weighted by Crippen LogP contribution is -2.50. The van der Waals surface area contributed by atoms with Gasteiger partial charge in [0.2, 0.25) is 10.0 Å². The topological polar surface area (TPSA) is 86.8 Å². The summed E-state index contributed by atoms with van der Waals surface area (Å²) < 4.78 is 54.0. The highest BCUT2D eigenvalue weighted by atomic mass is 32.2. The number of anilines is 1. The maximum Gasteiger partial charge on any atom is 0.265 e. The Hall–Kier alpha value is -3.15. The van der Waals surface area contributed by atoms with E-state index in [2.05, 4.69) is 5.32 Å². The third kappa shape index (κ3) is 4.95. The second-order valence-electron chi connectivity index (χ2n) is 7.28. The van der Waals surface area contributed by atoms with Crippen LogP contribution >= 0.6 is 11.3 Å². The Labute approximate surface area is 193 Å². The smallest absolute Gasteiger partial charge is 0.265 e. The van der Waals surface area contributed by atoms with Gasteiger partial charge >= 0.3 is 0 Å². The highest BCUT2D eigenvalue weighted by Gasteiger charge is 2.32. The lowest BCUT2D eigenvalue weighted by Gasteiger charge is -2.34. The van der Waals surface area contributed by atoms with E-state index in [1.165, 1.54) is 16.2 Å². The predicted molar refractivity (Wildman–Crippen MR) is 120 cm³/mol.